The lowest BCUT2D eigenvalue weighted by molar-refractivity contribution is -0.145. The molecule has 0 aliphatic carbocycles. The van der Waals surface area contributed by atoms with Crippen LogP contribution in [0.2, 0.25) is 0 Å². The van der Waals surface area contributed by atoms with E-state index in [-0.39, 0.29) is 31.4 Å². The van der Waals surface area contributed by atoms with Gasteiger partial charge in [-0.15, -0.1) is 0 Å². The molecule has 3 N–H and O–H groups in total. The van der Waals surface area contributed by atoms with Crippen LogP contribution in [0.4, 0.5) is 9.18 Å². The summed E-state index contributed by atoms with van der Waals surface area (Å²) in [6.45, 7) is 2.60. The molecule has 0 spiro atoms. The van der Waals surface area contributed by atoms with Crippen LogP contribution in [-0.2, 0) is 25.5 Å². The van der Waals surface area contributed by atoms with Gasteiger partial charge in [-0.05, 0) is 38.0 Å². The fourth-order valence-corrected chi connectivity index (χ4v) is 4.98. The summed E-state index contributed by atoms with van der Waals surface area (Å²) in [5, 5.41) is 8.35. The van der Waals surface area contributed by atoms with Crippen LogP contribution in [-0.4, -0.2) is 77.8 Å². The highest BCUT2D eigenvalue weighted by Gasteiger charge is 2.54. The molecule has 40 heavy (non-hydrogen) atoms. The van der Waals surface area contributed by atoms with Crippen molar-refractivity contribution >= 4 is 29.5 Å². The van der Waals surface area contributed by atoms with Crippen LogP contribution in [0.3, 0.4) is 0 Å². The number of nitrogens with two attached hydrogens (primary N) is 1. The molecule has 2 aromatic rings. The number of nitrogens with zero attached hydrogens (tertiary/aromatic N) is 3. The number of amides is 4. The summed E-state index contributed by atoms with van der Waals surface area (Å²) in [6.07, 6.45) is -0.458. The highest BCUT2D eigenvalue weighted by molar-refractivity contribution is 6.13. The van der Waals surface area contributed by atoms with Crippen molar-refractivity contribution in [3.05, 3.63) is 66.0 Å². The normalized spacial score (nSPS) is 19.4. The van der Waals surface area contributed by atoms with Crippen molar-refractivity contribution in [2.24, 2.45) is 16.3 Å². The standard InChI is InChI=1S/C28H32FN5O6/c1-27(2,40-26(30)38)24(36)31-21(16-39-20-11-7-10-19(29)14-20)23(35)34-13-12-22-28(17-34,25(37)33(3)32-22)15-18-8-5-4-6-9-18/h4-11,14,21H,12-13,15-17H2,1-3H3,(H2,30,38)(H,31,36)/t21-,28-/m1/s1. The van der Waals surface area contributed by atoms with Crippen LogP contribution in [0, 0.1) is 11.2 Å². The number of carbonyl (C=O) groups is 4. The van der Waals surface area contributed by atoms with Gasteiger partial charge in [-0.25, -0.2) is 14.2 Å². The van der Waals surface area contributed by atoms with E-state index in [9.17, 15) is 23.6 Å². The molecular weight excluding hydrogens is 521 g/mol. The topological polar surface area (TPSA) is 144 Å². The molecular formula is C28H32FN5O6. The number of carbonyl (C=O) groups excluding carboxylic acids is 4. The smallest absolute Gasteiger partial charge is 0.405 e. The van der Waals surface area contributed by atoms with Gasteiger partial charge < -0.3 is 25.4 Å². The van der Waals surface area contributed by atoms with E-state index in [4.69, 9.17) is 15.2 Å². The molecule has 1 fully saturated rings. The molecule has 212 valence electrons. The number of hydrogen-bond acceptors (Lipinski definition) is 7. The molecule has 4 amide bonds. The van der Waals surface area contributed by atoms with E-state index in [0.717, 1.165) is 11.6 Å². The van der Waals surface area contributed by atoms with Gasteiger partial charge in [0.15, 0.2) is 5.60 Å². The predicted molar refractivity (Wildman–Crippen MR) is 143 cm³/mol. The maximum absolute atomic E-state index is 13.9. The van der Waals surface area contributed by atoms with E-state index in [1.807, 2.05) is 30.3 Å². The first-order valence-corrected chi connectivity index (χ1v) is 12.8. The monoisotopic (exact) mass is 553 g/mol. The Morgan fingerprint density at radius 1 is 1.18 bits per heavy atom. The molecule has 0 aromatic heterocycles. The number of hydrogen-bond donors (Lipinski definition) is 2. The maximum Gasteiger partial charge on any atom is 0.405 e. The lowest BCUT2D eigenvalue weighted by atomic mass is 9.73. The Hall–Kier alpha value is -4.48. The number of ether oxygens (including phenoxy) is 2. The maximum atomic E-state index is 13.9. The van der Waals surface area contributed by atoms with E-state index in [1.165, 1.54) is 42.0 Å². The number of rotatable bonds is 9. The van der Waals surface area contributed by atoms with Crippen molar-refractivity contribution in [2.45, 2.75) is 38.3 Å². The summed E-state index contributed by atoms with van der Waals surface area (Å²) in [5.74, 6) is -1.91. The van der Waals surface area contributed by atoms with Crippen molar-refractivity contribution in [2.75, 3.05) is 26.7 Å². The van der Waals surface area contributed by atoms with Crippen molar-refractivity contribution in [3.63, 3.8) is 0 Å². The lowest BCUT2D eigenvalue weighted by Crippen LogP contribution is -2.61. The number of fused-ring (bicyclic) bond motifs is 1. The van der Waals surface area contributed by atoms with Crippen LogP contribution in [0.5, 0.6) is 5.75 Å². The van der Waals surface area contributed by atoms with Gasteiger partial charge in [-0.1, -0.05) is 36.4 Å². The van der Waals surface area contributed by atoms with Gasteiger partial charge in [0, 0.05) is 32.6 Å². The van der Waals surface area contributed by atoms with Crippen LogP contribution in [0.1, 0.15) is 25.8 Å². The number of piperidine rings is 1. The molecule has 2 aliphatic rings. The van der Waals surface area contributed by atoms with E-state index < -0.39 is 40.8 Å². The van der Waals surface area contributed by atoms with E-state index in [0.29, 0.717) is 18.6 Å². The number of halogens is 1. The van der Waals surface area contributed by atoms with Gasteiger partial charge in [0.25, 0.3) is 11.8 Å². The lowest BCUT2D eigenvalue weighted by Gasteiger charge is -2.40. The second-order valence-electron chi connectivity index (χ2n) is 10.4. The molecule has 2 heterocycles. The summed E-state index contributed by atoms with van der Waals surface area (Å²) in [6, 6.07) is 13.6. The number of benzene rings is 2. The average molecular weight is 554 g/mol. The number of hydrazone groups is 1. The minimum absolute atomic E-state index is 0.0379. The van der Waals surface area contributed by atoms with Crippen LogP contribution in [0.15, 0.2) is 59.7 Å². The second kappa shape index (κ2) is 11.3. The number of likely N-dealkylation sites (tertiary alicyclic amines) is 1. The molecule has 0 bridgehead atoms. The van der Waals surface area contributed by atoms with Crippen LogP contribution in [0.25, 0.3) is 0 Å². The van der Waals surface area contributed by atoms with E-state index in [2.05, 4.69) is 10.4 Å². The first-order valence-electron chi connectivity index (χ1n) is 12.8. The molecule has 1 saturated heterocycles. The first kappa shape index (κ1) is 28.5. The Kier molecular flexibility index (Phi) is 8.08. The molecule has 12 heteroatoms. The van der Waals surface area contributed by atoms with Crippen molar-refractivity contribution < 1.29 is 33.0 Å². The zero-order valence-electron chi connectivity index (χ0n) is 22.6. The van der Waals surface area contributed by atoms with E-state index in [1.54, 1.807) is 7.05 Å². The fourth-order valence-electron chi connectivity index (χ4n) is 4.98. The Morgan fingerprint density at radius 3 is 2.58 bits per heavy atom. The quantitative estimate of drug-likeness (QED) is 0.485. The molecule has 4 rings (SSSR count). The fraction of sp³-hybridized carbons (Fsp3) is 0.393. The van der Waals surface area contributed by atoms with Gasteiger partial charge in [0.1, 0.15) is 29.6 Å². The molecule has 0 radical (unpaired) electrons. The Balaban J connectivity index is 1.60. The molecule has 0 unspecified atom stereocenters. The van der Waals surface area contributed by atoms with E-state index >= 15 is 0 Å². The molecule has 0 saturated carbocycles. The average Bonchev–Trinajstić information content (AvgIpc) is 3.14. The van der Waals surface area contributed by atoms with Gasteiger partial charge in [0.05, 0.1) is 5.71 Å². The zero-order valence-corrected chi connectivity index (χ0v) is 22.6. The van der Waals surface area contributed by atoms with Gasteiger partial charge >= 0.3 is 6.09 Å². The van der Waals surface area contributed by atoms with Gasteiger partial charge in [-0.2, -0.15) is 5.10 Å². The summed E-state index contributed by atoms with van der Waals surface area (Å²) in [5.41, 5.74) is 3.96. The first-order chi connectivity index (χ1) is 18.9. The van der Waals surface area contributed by atoms with Gasteiger partial charge in [-0.3, -0.25) is 14.4 Å². The van der Waals surface area contributed by atoms with Crippen molar-refractivity contribution in [3.8, 4) is 5.75 Å². The molecule has 2 atom stereocenters. The third kappa shape index (κ3) is 6.05. The predicted octanol–water partition coefficient (Wildman–Crippen LogP) is 1.85. The summed E-state index contributed by atoms with van der Waals surface area (Å²) < 4.78 is 24.3. The highest BCUT2D eigenvalue weighted by atomic mass is 19.1. The minimum atomic E-state index is -1.69. The third-order valence-corrected chi connectivity index (χ3v) is 6.98. The second-order valence-corrected chi connectivity index (χ2v) is 10.4. The zero-order chi connectivity index (χ0) is 29.1. The third-order valence-electron chi connectivity index (χ3n) is 6.98. The Labute approximate surface area is 231 Å². The van der Waals surface area contributed by atoms with Crippen molar-refractivity contribution in [1.29, 1.82) is 0 Å². The number of primary amides is 1. The largest absolute Gasteiger partial charge is 0.491 e. The molecule has 2 aromatic carbocycles. The van der Waals surface area contributed by atoms with Crippen LogP contribution < -0.4 is 15.8 Å². The van der Waals surface area contributed by atoms with Crippen LogP contribution >= 0.6 is 0 Å². The molecule has 11 nitrogen and oxygen atoms in total. The minimum Gasteiger partial charge on any atom is -0.491 e. The summed E-state index contributed by atoms with van der Waals surface area (Å²) in [7, 11) is 1.59. The van der Waals surface area contributed by atoms with Crippen molar-refractivity contribution in [1.82, 2.24) is 15.2 Å². The molecule has 2 aliphatic heterocycles. The van der Waals surface area contributed by atoms with Gasteiger partial charge in [0.2, 0.25) is 5.91 Å². The Bertz CT molecular complexity index is 1330. The number of nitrogens with one attached hydrogen (secondary N) is 1. The highest BCUT2D eigenvalue weighted by Crippen LogP contribution is 2.38. The summed E-state index contributed by atoms with van der Waals surface area (Å²) in [4.78, 5) is 53.2. The SMILES string of the molecule is CN1N=C2CCN(C(=O)[C@@H](COc3cccc(F)c3)NC(=O)C(C)(C)OC(N)=O)C[C@@]2(Cc2ccccc2)C1=O. The Morgan fingerprint density at radius 2 is 1.90 bits per heavy atom. The summed E-state index contributed by atoms with van der Waals surface area (Å²) >= 11 is 0.